The van der Waals surface area contributed by atoms with Crippen molar-refractivity contribution in [3.05, 3.63) is 54.1 Å². The van der Waals surface area contributed by atoms with Crippen LogP contribution in [-0.4, -0.2) is 31.5 Å². The lowest BCUT2D eigenvalue weighted by Crippen LogP contribution is -2.35. The van der Waals surface area contributed by atoms with Crippen molar-refractivity contribution in [1.29, 1.82) is 0 Å². The molecule has 0 atom stereocenters. The largest absolute Gasteiger partial charge is 0.405 e. The summed E-state index contributed by atoms with van der Waals surface area (Å²) in [6, 6.07) is 16.6. The molecule has 2 aromatic rings. The maximum Gasteiger partial charge on any atom is 0.340 e. The summed E-state index contributed by atoms with van der Waals surface area (Å²) >= 11 is 0. The fraction of sp³-hybridized carbons (Fsp3) is 0.364. The number of hydrogen-bond acceptors (Lipinski definition) is 4. The predicted octanol–water partition coefficient (Wildman–Crippen LogP) is 4.43. The van der Waals surface area contributed by atoms with Crippen LogP contribution in [0, 0.1) is 0 Å². The van der Waals surface area contributed by atoms with E-state index in [1.807, 2.05) is 26.2 Å². The van der Waals surface area contributed by atoms with Crippen LogP contribution in [0.4, 0.5) is 5.69 Å². The van der Waals surface area contributed by atoms with Crippen molar-refractivity contribution in [2.24, 2.45) is 4.99 Å². The molecule has 1 aliphatic carbocycles. The molecule has 26 heavy (non-hydrogen) atoms. The first kappa shape index (κ1) is 16.8. The molecule has 1 aliphatic heterocycles. The van der Waals surface area contributed by atoms with E-state index in [1.165, 1.54) is 12.1 Å². The number of ether oxygens (including phenoxy) is 1. The van der Waals surface area contributed by atoms with Crippen LogP contribution in [0.5, 0.6) is 0 Å². The van der Waals surface area contributed by atoms with Crippen LogP contribution < -0.4 is 4.90 Å². The lowest BCUT2D eigenvalue weighted by molar-refractivity contribution is -0.140. The van der Waals surface area contributed by atoms with Crippen molar-refractivity contribution in [2.45, 2.75) is 37.6 Å². The number of carbonyl (C=O) groups is 1. The number of hydrogen-bond donors (Lipinski definition) is 0. The number of benzene rings is 2. The summed E-state index contributed by atoms with van der Waals surface area (Å²) in [4.78, 5) is 19.2. The first-order valence-electron chi connectivity index (χ1n) is 9.28. The Kier molecular flexibility index (Phi) is 4.27. The molecule has 0 radical (unpaired) electrons. The van der Waals surface area contributed by atoms with E-state index in [1.54, 1.807) is 0 Å². The molecular weight excluding hydrogens is 324 g/mol. The molecule has 4 nitrogen and oxygen atoms in total. The van der Waals surface area contributed by atoms with Crippen LogP contribution in [-0.2, 0) is 9.53 Å². The van der Waals surface area contributed by atoms with Gasteiger partial charge in [-0.25, -0.2) is 9.79 Å². The Hall–Kier alpha value is -2.62. The Morgan fingerprint density at radius 3 is 1.96 bits per heavy atom. The van der Waals surface area contributed by atoms with E-state index in [0.717, 1.165) is 42.4 Å². The minimum Gasteiger partial charge on any atom is -0.405 e. The van der Waals surface area contributed by atoms with E-state index in [4.69, 9.17) is 9.73 Å². The monoisotopic (exact) mass is 348 g/mol. The van der Waals surface area contributed by atoms with Gasteiger partial charge in [-0.3, -0.25) is 0 Å². The van der Waals surface area contributed by atoms with Gasteiger partial charge in [0.05, 0.1) is 0 Å². The summed E-state index contributed by atoms with van der Waals surface area (Å²) in [5.74, 6) is 0.307. The summed E-state index contributed by atoms with van der Waals surface area (Å²) in [6.07, 6.45) is 4.90. The molecule has 0 unspecified atom stereocenters. The van der Waals surface area contributed by atoms with E-state index in [2.05, 4.69) is 41.3 Å². The molecule has 1 fully saturated rings. The van der Waals surface area contributed by atoms with Crippen LogP contribution in [0.2, 0.25) is 0 Å². The molecule has 1 saturated carbocycles. The van der Waals surface area contributed by atoms with Crippen molar-refractivity contribution >= 4 is 17.6 Å². The summed E-state index contributed by atoms with van der Waals surface area (Å²) in [5.41, 5.74) is 3.73. The Labute approximate surface area is 154 Å². The average Bonchev–Trinajstić information content (AvgIpc) is 2.98. The Morgan fingerprint density at radius 1 is 0.846 bits per heavy atom. The normalized spacial score (nSPS) is 18.5. The molecule has 1 spiro atoms. The highest BCUT2D eigenvalue weighted by molar-refractivity contribution is 6.08. The topological polar surface area (TPSA) is 41.9 Å². The number of rotatable bonds is 3. The zero-order valence-electron chi connectivity index (χ0n) is 15.4. The van der Waals surface area contributed by atoms with Gasteiger partial charge >= 0.3 is 5.97 Å². The van der Waals surface area contributed by atoms with Crippen LogP contribution in [0.25, 0.3) is 11.1 Å². The van der Waals surface area contributed by atoms with Gasteiger partial charge in [-0.2, -0.15) is 0 Å². The van der Waals surface area contributed by atoms with E-state index in [-0.39, 0.29) is 5.97 Å². The predicted molar refractivity (Wildman–Crippen MR) is 105 cm³/mol. The van der Waals surface area contributed by atoms with Crippen molar-refractivity contribution in [3.8, 4) is 11.1 Å². The van der Waals surface area contributed by atoms with Gasteiger partial charge in [0.1, 0.15) is 0 Å². The van der Waals surface area contributed by atoms with Crippen molar-refractivity contribution in [1.82, 2.24) is 0 Å². The lowest BCUT2D eigenvalue weighted by atomic mass is 9.83. The number of cyclic esters (lactones) is 1. The van der Waals surface area contributed by atoms with Crippen LogP contribution in [0.1, 0.15) is 37.7 Å². The van der Waals surface area contributed by atoms with Crippen molar-refractivity contribution in [3.63, 3.8) is 0 Å². The molecule has 0 bridgehead atoms. The summed E-state index contributed by atoms with van der Waals surface area (Å²) in [6.45, 7) is 0. The van der Waals surface area contributed by atoms with E-state index < -0.39 is 5.54 Å². The quantitative estimate of drug-likeness (QED) is 0.771. The fourth-order valence-corrected chi connectivity index (χ4v) is 3.78. The van der Waals surface area contributed by atoms with Gasteiger partial charge in [-0.05, 0) is 48.2 Å². The smallest absolute Gasteiger partial charge is 0.340 e. The number of anilines is 1. The second kappa shape index (κ2) is 6.60. The first-order chi connectivity index (χ1) is 12.6. The summed E-state index contributed by atoms with van der Waals surface area (Å²) < 4.78 is 5.53. The van der Waals surface area contributed by atoms with Gasteiger partial charge in [-0.1, -0.05) is 43.5 Å². The molecule has 134 valence electrons. The molecule has 4 rings (SSSR count). The van der Waals surface area contributed by atoms with Gasteiger partial charge in [-0.15, -0.1) is 0 Å². The third kappa shape index (κ3) is 3.00. The number of aliphatic imine (C=N–C) groups is 1. The molecule has 0 saturated heterocycles. The third-order valence-corrected chi connectivity index (χ3v) is 5.41. The maximum absolute atomic E-state index is 12.4. The second-order valence-electron chi connectivity index (χ2n) is 7.42. The Morgan fingerprint density at radius 2 is 1.38 bits per heavy atom. The lowest BCUT2D eigenvalue weighted by Gasteiger charge is -2.25. The van der Waals surface area contributed by atoms with Crippen molar-refractivity contribution < 1.29 is 9.53 Å². The third-order valence-electron chi connectivity index (χ3n) is 5.41. The molecular formula is C22H24N2O2. The number of carbonyl (C=O) groups excluding carboxylic acids is 1. The van der Waals surface area contributed by atoms with Gasteiger partial charge < -0.3 is 9.64 Å². The van der Waals surface area contributed by atoms with Gasteiger partial charge in [0.15, 0.2) is 5.54 Å². The molecule has 4 heteroatoms. The number of esters is 1. The molecule has 0 amide bonds. The van der Waals surface area contributed by atoms with Gasteiger partial charge in [0.2, 0.25) is 5.90 Å². The minimum absolute atomic E-state index is 0.171. The Balaban J connectivity index is 1.56. The Bertz CT molecular complexity index is 829. The van der Waals surface area contributed by atoms with Crippen LogP contribution >= 0.6 is 0 Å². The highest BCUT2D eigenvalue weighted by Gasteiger charge is 2.46. The zero-order chi connectivity index (χ0) is 18.1. The molecule has 2 aliphatic rings. The SMILES string of the molecule is CN(C)c1ccc(-c2ccc(C3=NC4(CCCCC4)C(=O)O3)cc2)cc1. The highest BCUT2D eigenvalue weighted by Crippen LogP contribution is 2.37. The van der Waals surface area contributed by atoms with Gasteiger partial charge in [0, 0.05) is 25.3 Å². The maximum atomic E-state index is 12.4. The van der Waals surface area contributed by atoms with Crippen LogP contribution in [0.3, 0.4) is 0 Å². The van der Waals surface area contributed by atoms with Gasteiger partial charge in [0.25, 0.3) is 0 Å². The van der Waals surface area contributed by atoms with E-state index in [0.29, 0.717) is 5.90 Å². The number of nitrogens with zero attached hydrogens (tertiary/aromatic N) is 2. The molecule has 0 N–H and O–H groups in total. The zero-order valence-corrected chi connectivity index (χ0v) is 15.4. The van der Waals surface area contributed by atoms with E-state index >= 15 is 0 Å². The molecule has 0 aromatic heterocycles. The average molecular weight is 348 g/mol. The summed E-state index contributed by atoms with van der Waals surface area (Å²) in [5, 5.41) is 0. The molecule has 2 aromatic carbocycles. The minimum atomic E-state index is -0.617. The fourth-order valence-electron chi connectivity index (χ4n) is 3.78. The standard InChI is InChI=1S/C22H24N2O2/c1-24(2)19-12-10-17(11-13-19)16-6-8-18(9-7-16)20-23-22(21(25)26-20)14-4-3-5-15-22/h6-13H,3-5,14-15H2,1-2H3. The highest BCUT2D eigenvalue weighted by atomic mass is 16.6. The second-order valence-corrected chi connectivity index (χ2v) is 7.42. The molecule has 1 heterocycles. The summed E-state index contributed by atoms with van der Waals surface area (Å²) in [7, 11) is 4.07. The first-order valence-corrected chi connectivity index (χ1v) is 9.28. The van der Waals surface area contributed by atoms with E-state index in [9.17, 15) is 4.79 Å². The van der Waals surface area contributed by atoms with Crippen LogP contribution in [0.15, 0.2) is 53.5 Å². The van der Waals surface area contributed by atoms with Crippen molar-refractivity contribution in [2.75, 3.05) is 19.0 Å².